The molecule has 0 radical (unpaired) electrons. The number of hydrogen-bond donors (Lipinski definition) is 1. The fourth-order valence-corrected chi connectivity index (χ4v) is 3.76. The molecule has 1 N–H and O–H groups in total. The van der Waals surface area contributed by atoms with Gasteiger partial charge in [-0.15, -0.1) is 0 Å². The minimum Gasteiger partial charge on any atom is -0.493 e. The first-order valence-electron chi connectivity index (χ1n) is 10.4. The maximum atomic E-state index is 12.5. The number of carbonyl (C=O) groups excluding carboxylic acids is 2. The number of rotatable bonds is 10. The van der Waals surface area contributed by atoms with Crippen LogP contribution in [0.15, 0.2) is 48.5 Å². The van der Waals surface area contributed by atoms with Crippen LogP contribution in [0, 0.1) is 5.92 Å². The molecule has 1 fully saturated rings. The molecule has 2 aromatic rings. The number of methoxy groups -OCH3 is 2. The summed E-state index contributed by atoms with van der Waals surface area (Å²) >= 11 is 0. The SMILES string of the molecule is COc1ccc(CCN2C[C@@H](C(=O)NCCCc3ccccc3)CC2=O)cc1OC. The monoisotopic (exact) mass is 410 g/mol. The fourth-order valence-electron chi connectivity index (χ4n) is 3.76. The van der Waals surface area contributed by atoms with Crippen LogP contribution in [0.3, 0.4) is 0 Å². The van der Waals surface area contributed by atoms with E-state index >= 15 is 0 Å². The highest BCUT2D eigenvalue weighted by atomic mass is 16.5. The van der Waals surface area contributed by atoms with Crippen molar-refractivity contribution in [1.29, 1.82) is 0 Å². The summed E-state index contributed by atoms with van der Waals surface area (Å²) in [5.41, 5.74) is 2.33. The van der Waals surface area contributed by atoms with E-state index in [1.807, 2.05) is 36.4 Å². The van der Waals surface area contributed by atoms with E-state index in [-0.39, 0.29) is 24.2 Å². The van der Waals surface area contributed by atoms with Gasteiger partial charge in [-0.1, -0.05) is 36.4 Å². The molecule has 2 amide bonds. The van der Waals surface area contributed by atoms with Crippen LogP contribution >= 0.6 is 0 Å². The smallest absolute Gasteiger partial charge is 0.225 e. The van der Waals surface area contributed by atoms with Crippen LogP contribution < -0.4 is 14.8 Å². The number of hydrogen-bond acceptors (Lipinski definition) is 4. The van der Waals surface area contributed by atoms with Crippen LogP contribution in [0.1, 0.15) is 24.0 Å². The number of likely N-dealkylation sites (tertiary alicyclic amines) is 1. The van der Waals surface area contributed by atoms with Crippen LogP contribution in [0.25, 0.3) is 0 Å². The molecule has 160 valence electrons. The van der Waals surface area contributed by atoms with Crippen molar-refractivity contribution in [3.05, 3.63) is 59.7 Å². The largest absolute Gasteiger partial charge is 0.493 e. The molecule has 0 saturated carbocycles. The second-order valence-corrected chi connectivity index (χ2v) is 7.56. The van der Waals surface area contributed by atoms with Gasteiger partial charge in [-0.25, -0.2) is 0 Å². The highest BCUT2D eigenvalue weighted by molar-refractivity contribution is 5.89. The first-order chi connectivity index (χ1) is 14.6. The van der Waals surface area contributed by atoms with E-state index in [1.165, 1.54) is 5.56 Å². The van der Waals surface area contributed by atoms with E-state index in [0.717, 1.165) is 18.4 Å². The zero-order valence-electron chi connectivity index (χ0n) is 17.7. The van der Waals surface area contributed by atoms with E-state index in [0.29, 0.717) is 37.6 Å². The Labute approximate surface area is 178 Å². The van der Waals surface area contributed by atoms with Crippen molar-refractivity contribution < 1.29 is 19.1 Å². The van der Waals surface area contributed by atoms with Gasteiger partial charge in [0, 0.05) is 26.1 Å². The molecule has 2 aromatic carbocycles. The second-order valence-electron chi connectivity index (χ2n) is 7.56. The maximum Gasteiger partial charge on any atom is 0.225 e. The van der Waals surface area contributed by atoms with Gasteiger partial charge in [-0.05, 0) is 42.5 Å². The Morgan fingerprint density at radius 3 is 2.53 bits per heavy atom. The Kier molecular flexibility index (Phi) is 7.71. The Balaban J connectivity index is 1.42. The highest BCUT2D eigenvalue weighted by Gasteiger charge is 2.33. The molecule has 6 nitrogen and oxygen atoms in total. The molecule has 0 bridgehead atoms. The summed E-state index contributed by atoms with van der Waals surface area (Å²) in [5, 5.41) is 2.99. The van der Waals surface area contributed by atoms with Gasteiger partial charge < -0.3 is 19.7 Å². The molecule has 3 rings (SSSR count). The Bertz CT molecular complexity index is 854. The average molecular weight is 411 g/mol. The fraction of sp³-hybridized carbons (Fsp3) is 0.417. The third-order valence-corrected chi connectivity index (χ3v) is 5.49. The lowest BCUT2D eigenvalue weighted by Gasteiger charge is -2.17. The number of nitrogens with one attached hydrogen (secondary N) is 1. The lowest BCUT2D eigenvalue weighted by atomic mass is 10.1. The molecule has 0 aromatic heterocycles. The van der Waals surface area contributed by atoms with Gasteiger partial charge in [0.25, 0.3) is 0 Å². The molecular weight excluding hydrogens is 380 g/mol. The number of benzene rings is 2. The summed E-state index contributed by atoms with van der Waals surface area (Å²) < 4.78 is 10.6. The van der Waals surface area contributed by atoms with Gasteiger partial charge >= 0.3 is 0 Å². The molecule has 0 spiro atoms. The Morgan fingerprint density at radius 2 is 1.80 bits per heavy atom. The first-order valence-corrected chi connectivity index (χ1v) is 10.4. The topological polar surface area (TPSA) is 67.9 Å². The van der Waals surface area contributed by atoms with Gasteiger partial charge in [0.05, 0.1) is 20.1 Å². The van der Waals surface area contributed by atoms with Crippen molar-refractivity contribution in [2.45, 2.75) is 25.7 Å². The lowest BCUT2D eigenvalue weighted by molar-refractivity contribution is -0.129. The van der Waals surface area contributed by atoms with Crippen molar-refractivity contribution in [1.82, 2.24) is 10.2 Å². The third kappa shape index (κ3) is 5.75. The van der Waals surface area contributed by atoms with Crippen molar-refractivity contribution in [2.75, 3.05) is 33.9 Å². The maximum absolute atomic E-state index is 12.5. The van der Waals surface area contributed by atoms with Gasteiger partial charge in [-0.3, -0.25) is 9.59 Å². The number of aryl methyl sites for hydroxylation is 1. The van der Waals surface area contributed by atoms with E-state index in [9.17, 15) is 9.59 Å². The van der Waals surface area contributed by atoms with Gasteiger partial charge in [0.2, 0.25) is 11.8 Å². The summed E-state index contributed by atoms with van der Waals surface area (Å²) in [6, 6.07) is 16.0. The molecule has 6 heteroatoms. The minimum absolute atomic E-state index is 0.0231. The summed E-state index contributed by atoms with van der Waals surface area (Å²) in [7, 11) is 3.21. The molecule has 1 saturated heterocycles. The number of carbonyl (C=O) groups is 2. The second kappa shape index (κ2) is 10.7. The van der Waals surface area contributed by atoms with Gasteiger partial charge in [-0.2, -0.15) is 0 Å². The predicted octanol–water partition coefficient (Wildman–Crippen LogP) is 2.84. The third-order valence-electron chi connectivity index (χ3n) is 5.49. The summed E-state index contributed by atoms with van der Waals surface area (Å²) in [6.45, 7) is 1.70. The van der Waals surface area contributed by atoms with Crippen LogP contribution in [0.4, 0.5) is 0 Å². The standard InChI is InChI=1S/C24H30N2O4/c1-29-21-11-10-19(15-22(21)30-2)12-14-26-17-20(16-23(26)27)24(28)25-13-6-9-18-7-4-3-5-8-18/h3-5,7-8,10-11,15,20H,6,9,12-14,16-17H2,1-2H3,(H,25,28)/t20-/m0/s1. The zero-order valence-corrected chi connectivity index (χ0v) is 17.7. The number of amides is 2. The van der Waals surface area contributed by atoms with Crippen LogP contribution in [0.2, 0.25) is 0 Å². The number of nitrogens with zero attached hydrogens (tertiary/aromatic N) is 1. The van der Waals surface area contributed by atoms with Crippen LogP contribution in [-0.2, 0) is 22.4 Å². The summed E-state index contributed by atoms with van der Waals surface area (Å²) in [5.74, 6) is 1.11. The molecular formula is C24H30N2O4. The molecule has 0 aliphatic carbocycles. The normalized spacial score (nSPS) is 15.9. The van der Waals surface area contributed by atoms with E-state index < -0.39 is 0 Å². The van der Waals surface area contributed by atoms with E-state index in [2.05, 4.69) is 17.4 Å². The van der Waals surface area contributed by atoms with Gasteiger partial charge in [0.15, 0.2) is 11.5 Å². The first kappa shape index (κ1) is 21.7. The highest BCUT2D eigenvalue weighted by Crippen LogP contribution is 2.28. The predicted molar refractivity (Wildman–Crippen MR) is 116 cm³/mol. The minimum atomic E-state index is -0.264. The van der Waals surface area contributed by atoms with Gasteiger partial charge in [0.1, 0.15) is 0 Å². The Morgan fingerprint density at radius 1 is 1.03 bits per heavy atom. The number of ether oxygens (including phenoxy) is 2. The van der Waals surface area contributed by atoms with E-state index in [4.69, 9.17) is 9.47 Å². The van der Waals surface area contributed by atoms with Crippen molar-refractivity contribution in [3.63, 3.8) is 0 Å². The van der Waals surface area contributed by atoms with Crippen molar-refractivity contribution >= 4 is 11.8 Å². The molecule has 1 aliphatic rings. The molecule has 0 unspecified atom stereocenters. The molecule has 1 atom stereocenters. The average Bonchev–Trinajstić information content (AvgIpc) is 3.16. The molecule has 1 aliphatic heterocycles. The van der Waals surface area contributed by atoms with Crippen LogP contribution in [0.5, 0.6) is 11.5 Å². The molecule has 1 heterocycles. The zero-order chi connectivity index (χ0) is 21.3. The Hall–Kier alpha value is -3.02. The van der Waals surface area contributed by atoms with E-state index in [1.54, 1.807) is 19.1 Å². The summed E-state index contributed by atoms with van der Waals surface area (Å²) in [4.78, 5) is 26.6. The quantitative estimate of drug-likeness (QED) is 0.612. The van der Waals surface area contributed by atoms with Crippen molar-refractivity contribution in [2.24, 2.45) is 5.92 Å². The van der Waals surface area contributed by atoms with Crippen molar-refractivity contribution in [3.8, 4) is 11.5 Å². The lowest BCUT2D eigenvalue weighted by Crippen LogP contribution is -2.34. The summed E-state index contributed by atoms with van der Waals surface area (Å²) in [6.07, 6.45) is 2.82. The molecule has 30 heavy (non-hydrogen) atoms. The van der Waals surface area contributed by atoms with Crippen LogP contribution in [-0.4, -0.2) is 50.6 Å².